The maximum Gasteiger partial charge on any atom is 0.119 e. The molecule has 0 saturated carbocycles. The molecule has 68 valence electrons. The van der Waals surface area contributed by atoms with Gasteiger partial charge in [-0.2, -0.15) is 0 Å². The lowest BCUT2D eigenvalue weighted by Crippen LogP contribution is -3.00. The van der Waals surface area contributed by atoms with Crippen molar-refractivity contribution in [1.82, 2.24) is 0 Å². The second-order valence-electron chi connectivity index (χ2n) is 2.30. The smallest absolute Gasteiger partial charge is 0.119 e. The van der Waals surface area contributed by atoms with Gasteiger partial charge in [0.2, 0.25) is 0 Å². The molecule has 0 atom stereocenters. The first-order valence-electron chi connectivity index (χ1n) is 3.81. The Hall–Kier alpha value is -0.730. The third-order valence-corrected chi connectivity index (χ3v) is 1.36. The van der Waals surface area contributed by atoms with Gasteiger partial charge in [0, 0.05) is 0 Å². The molecule has 1 rings (SSSR count). The first-order chi connectivity index (χ1) is 5.43. The highest BCUT2D eigenvalue weighted by Gasteiger charge is 1.88. The Balaban J connectivity index is 0.00000121. The molecule has 0 aromatic heterocycles. The van der Waals surface area contributed by atoms with Gasteiger partial charge in [-0.25, -0.2) is 0 Å². The zero-order valence-corrected chi connectivity index (χ0v) is 7.63. The molecule has 0 amide bonds. The van der Waals surface area contributed by atoms with Crippen LogP contribution in [0.25, 0.3) is 0 Å². The van der Waals surface area contributed by atoms with E-state index in [2.05, 4.69) is 0 Å². The summed E-state index contributed by atoms with van der Waals surface area (Å²) in [6.07, 6.45) is 0.912. The van der Waals surface area contributed by atoms with E-state index in [1.807, 2.05) is 30.3 Å². The lowest BCUT2D eigenvalue weighted by Gasteiger charge is -2.03. The number of para-hydroxylation sites is 1. The number of benzene rings is 1. The van der Waals surface area contributed by atoms with E-state index in [4.69, 9.17) is 10.5 Å². The van der Waals surface area contributed by atoms with Crippen LogP contribution in [0.4, 0.5) is 0 Å². The number of rotatable bonds is 4. The number of nitrogens with two attached hydrogens (primary N) is 1. The molecule has 1 aromatic carbocycles. The summed E-state index contributed by atoms with van der Waals surface area (Å²) in [6.45, 7) is 1.40. The SMILES string of the molecule is NCCCOc1ccccc1.[Cl-]. The first kappa shape index (κ1) is 11.3. The molecule has 0 aliphatic heterocycles. The zero-order chi connectivity index (χ0) is 7.94. The van der Waals surface area contributed by atoms with Crippen molar-refractivity contribution in [3.8, 4) is 5.75 Å². The van der Waals surface area contributed by atoms with E-state index >= 15 is 0 Å². The molecule has 0 radical (unpaired) electrons. The van der Waals surface area contributed by atoms with Crippen LogP contribution in [0, 0.1) is 0 Å². The highest BCUT2D eigenvalue weighted by Crippen LogP contribution is 2.07. The van der Waals surface area contributed by atoms with Gasteiger partial charge in [0.05, 0.1) is 6.61 Å². The topological polar surface area (TPSA) is 35.2 Å². The average molecular weight is 187 g/mol. The van der Waals surface area contributed by atoms with Gasteiger partial charge in [-0.3, -0.25) is 0 Å². The molecule has 0 heterocycles. The van der Waals surface area contributed by atoms with Crippen LogP contribution in [0.1, 0.15) is 6.42 Å². The van der Waals surface area contributed by atoms with E-state index in [9.17, 15) is 0 Å². The van der Waals surface area contributed by atoms with Crippen molar-refractivity contribution in [1.29, 1.82) is 0 Å². The minimum absolute atomic E-state index is 0. The predicted octanol–water partition coefficient (Wildman–Crippen LogP) is -1.58. The number of hydrogen-bond donors (Lipinski definition) is 1. The van der Waals surface area contributed by atoms with Crippen LogP contribution in [0.3, 0.4) is 0 Å². The van der Waals surface area contributed by atoms with Crippen LogP contribution in [0.15, 0.2) is 30.3 Å². The van der Waals surface area contributed by atoms with Crippen LogP contribution >= 0.6 is 0 Å². The number of halogens is 1. The fraction of sp³-hybridized carbons (Fsp3) is 0.333. The summed E-state index contributed by atoms with van der Waals surface area (Å²) in [4.78, 5) is 0. The summed E-state index contributed by atoms with van der Waals surface area (Å²) in [6, 6.07) is 9.76. The molecule has 0 saturated heterocycles. The van der Waals surface area contributed by atoms with E-state index in [0.29, 0.717) is 13.2 Å². The molecule has 0 spiro atoms. The van der Waals surface area contributed by atoms with Gasteiger partial charge in [-0.15, -0.1) is 0 Å². The van der Waals surface area contributed by atoms with Gasteiger partial charge in [0.25, 0.3) is 0 Å². The lowest BCUT2D eigenvalue weighted by molar-refractivity contribution is -0.00000288. The Morgan fingerprint density at radius 1 is 1.17 bits per heavy atom. The van der Waals surface area contributed by atoms with E-state index in [1.165, 1.54) is 0 Å². The predicted molar refractivity (Wildman–Crippen MR) is 45.6 cm³/mol. The van der Waals surface area contributed by atoms with Gasteiger partial charge >= 0.3 is 0 Å². The standard InChI is InChI=1S/C9H13NO.ClH/c10-7-4-8-11-9-5-2-1-3-6-9;/h1-3,5-6H,4,7-8,10H2;1H/p-1. The minimum Gasteiger partial charge on any atom is -1.00 e. The highest BCUT2D eigenvalue weighted by atomic mass is 35.5. The molecule has 3 heteroatoms. The Morgan fingerprint density at radius 3 is 2.42 bits per heavy atom. The van der Waals surface area contributed by atoms with E-state index < -0.39 is 0 Å². The highest BCUT2D eigenvalue weighted by molar-refractivity contribution is 5.20. The normalized spacial score (nSPS) is 8.75. The van der Waals surface area contributed by atoms with Crippen LogP contribution in [0.2, 0.25) is 0 Å². The van der Waals surface area contributed by atoms with Crippen molar-refractivity contribution in [2.24, 2.45) is 5.73 Å². The summed E-state index contributed by atoms with van der Waals surface area (Å²) in [5.74, 6) is 0.918. The van der Waals surface area contributed by atoms with Crippen molar-refractivity contribution in [3.05, 3.63) is 30.3 Å². The maximum atomic E-state index is 5.37. The molecule has 2 N–H and O–H groups in total. The summed E-state index contributed by atoms with van der Waals surface area (Å²) in [7, 11) is 0. The molecular formula is C9H13ClNO-. The van der Waals surface area contributed by atoms with Crippen molar-refractivity contribution >= 4 is 0 Å². The quantitative estimate of drug-likeness (QED) is 0.577. The zero-order valence-electron chi connectivity index (χ0n) is 6.87. The van der Waals surface area contributed by atoms with E-state index in [-0.39, 0.29) is 12.4 Å². The van der Waals surface area contributed by atoms with Crippen molar-refractivity contribution in [2.75, 3.05) is 13.2 Å². The molecule has 0 unspecified atom stereocenters. The Bertz CT molecular complexity index is 191. The van der Waals surface area contributed by atoms with Gasteiger partial charge in [-0.05, 0) is 25.1 Å². The second-order valence-corrected chi connectivity index (χ2v) is 2.30. The van der Waals surface area contributed by atoms with Crippen LogP contribution < -0.4 is 22.9 Å². The Morgan fingerprint density at radius 2 is 1.83 bits per heavy atom. The van der Waals surface area contributed by atoms with E-state index in [0.717, 1.165) is 12.2 Å². The van der Waals surface area contributed by atoms with Crippen molar-refractivity contribution in [2.45, 2.75) is 6.42 Å². The van der Waals surface area contributed by atoms with Gasteiger partial charge in [0.1, 0.15) is 5.75 Å². The molecule has 0 aliphatic rings. The summed E-state index contributed by atoms with van der Waals surface area (Å²) in [5.41, 5.74) is 5.31. The largest absolute Gasteiger partial charge is 1.00 e. The fourth-order valence-electron chi connectivity index (χ4n) is 0.790. The second kappa shape index (κ2) is 6.95. The fourth-order valence-corrected chi connectivity index (χ4v) is 0.790. The monoisotopic (exact) mass is 186 g/mol. The third-order valence-electron chi connectivity index (χ3n) is 1.36. The maximum absolute atomic E-state index is 5.37. The molecule has 0 bridgehead atoms. The molecule has 1 aromatic rings. The molecule has 2 nitrogen and oxygen atoms in total. The average Bonchev–Trinajstić information content (AvgIpc) is 2.07. The summed E-state index contributed by atoms with van der Waals surface area (Å²) < 4.78 is 5.37. The van der Waals surface area contributed by atoms with Crippen molar-refractivity contribution < 1.29 is 17.1 Å². The van der Waals surface area contributed by atoms with E-state index in [1.54, 1.807) is 0 Å². The minimum atomic E-state index is 0. The first-order valence-corrected chi connectivity index (χ1v) is 3.81. The lowest BCUT2D eigenvalue weighted by atomic mass is 10.3. The number of ether oxygens (including phenoxy) is 1. The van der Waals surface area contributed by atoms with Crippen LogP contribution in [-0.4, -0.2) is 13.2 Å². The molecule has 0 aliphatic carbocycles. The molecular weight excluding hydrogens is 174 g/mol. The van der Waals surface area contributed by atoms with Gasteiger partial charge in [0.15, 0.2) is 0 Å². The Kier molecular flexibility index (Phi) is 6.53. The molecule has 12 heavy (non-hydrogen) atoms. The van der Waals surface area contributed by atoms with Gasteiger partial charge in [-0.1, -0.05) is 18.2 Å². The summed E-state index contributed by atoms with van der Waals surface area (Å²) >= 11 is 0. The van der Waals surface area contributed by atoms with Crippen LogP contribution in [0.5, 0.6) is 5.75 Å². The summed E-state index contributed by atoms with van der Waals surface area (Å²) in [5, 5.41) is 0. The van der Waals surface area contributed by atoms with Crippen molar-refractivity contribution in [3.63, 3.8) is 0 Å². The van der Waals surface area contributed by atoms with Gasteiger partial charge < -0.3 is 22.9 Å². The third kappa shape index (κ3) is 4.21. The molecule has 0 fully saturated rings. The van der Waals surface area contributed by atoms with Crippen LogP contribution in [-0.2, 0) is 0 Å². The Labute approximate surface area is 79.1 Å². The number of hydrogen-bond acceptors (Lipinski definition) is 2.